The highest BCUT2D eigenvalue weighted by atomic mass is 16.5. The number of nitrogens with one attached hydrogen (secondary N) is 1. The molecule has 2 aliphatic heterocycles. The maximum absolute atomic E-state index is 12.2. The molecule has 0 aliphatic carbocycles. The number of methoxy groups -OCH3 is 1. The smallest absolute Gasteiger partial charge is 0.320 e. The SMILES string of the molecule is CCN1C(=O)NC2CC1(C)Oc1cc(OC)cc(C)c12. The minimum absolute atomic E-state index is 0.00459. The Labute approximate surface area is 118 Å². The molecule has 0 spiro atoms. The van der Waals surface area contributed by atoms with Crippen LogP contribution in [0.2, 0.25) is 0 Å². The zero-order chi connectivity index (χ0) is 14.5. The number of aryl methyl sites for hydroxylation is 1. The molecule has 0 aromatic heterocycles. The van der Waals surface area contributed by atoms with Crippen molar-refractivity contribution in [1.82, 2.24) is 10.2 Å². The minimum Gasteiger partial charge on any atom is -0.497 e. The average Bonchev–Trinajstić information content (AvgIpc) is 2.36. The summed E-state index contributed by atoms with van der Waals surface area (Å²) in [5.41, 5.74) is 1.55. The summed E-state index contributed by atoms with van der Waals surface area (Å²) in [6, 6.07) is 3.82. The fourth-order valence-electron chi connectivity index (χ4n) is 3.35. The number of carbonyl (C=O) groups is 1. The molecule has 5 nitrogen and oxygen atoms in total. The molecule has 1 fully saturated rings. The van der Waals surface area contributed by atoms with Crippen LogP contribution < -0.4 is 14.8 Å². The highest BCUT2D eigenvalue weighted by Crippen LogP contribution is 2.46. The van der Waals surface area contributed by atoms with Gasteiger partial charge in [-0.05, 0) is 32.4 Å². The fraction of sp³-hybridized carbons (Fsp3) is 0.533. The van der Waals surface area contributed by atoms with Gasteiger partial charge in [-0.2, -0.15) is 0 Å². The molecule has 2 bridgehead atoms. The molecule has 2 amide bonds. The molecule has 2 atom stereocenters. The van der Waals surface area contributed by atoms with Crippen molar-refractivity contribution in [2.24, 2.45) is 0 Å². The van der Waals surface area contributed by atoms with Crippen molar-refractivity contribution in [2.75, 3.05) is 13.7 Å². The molecule has 1 N–H and O–H groups in total. The van der Waals surface area contributed by atoms with Crippen LogP contribution in [-0.2, 0) is 0 Å². The van der Waals surface area contributed by atoms with Gasteiger partial charge in [-0.1, -0.05) is 0 Å². The molecular weight excluding hydrogens is 256 g/mol. The highest BCUT2D eigenvalue weighted by molar-refractivity contribution is 5.77. The maximum Gasteiger partial charge on any atom is 0.320 e. The number of nitrogens with zero attached hydrogens (tertiary/aromatic N) is 1. The van der Waals surface area contributed by atoms with Gasteiger partial charge in [-0.3, -0.25) is 4.90 Å². The predicted octanol–water partition coefficient (Wildman–Crippen LogP) is 2.59. The fourth-order valence-corrected chi connectivity index (χ4v) is 3.35. The second-order valence-corrected chi connectivity index (χ2v) is 5.58. The van der Waals surface area contributed by atoms with Gasteiger partial charge < -0.3 is 14.8 Å². The van der Waals surface area contributed by atoms with Crippen molar-refractivity contribution < 1.29 is 14.3 Å². The van der Waals surface area contributed by atoms with E-state index in [9.17, 15) is 4.79 Å². The van der Waals surface area contributed by atoms with E-state index in [-0.39, 0.29) is 12.1 Å². The molecule has 2 unspecified atom stereocenters. The Morgan fingerprint density at radius 1 is 1.55 bits per heavy atom. The zero-order valence-corrected chi connectivity index (χ0v) is 12.3. The van der Waals surface area contributed by atoms with Crippen molar-refractivity contribution in [3.63, 3.8) is 0 Å². The Morgan fingerprint density at radius 2 is 2.30 bits per heavy atom. The standard InChI is InChI=1S/C15H20N2O3/c1-5-17-14(18)16-11-8-15(17,3)20-12-7-10(19-4)6-9(2)13(11)12/h6-7,11H,5,8H2,1-4H3,(H,16,18). The van der Waals surface area contributed by atoms with Crippen LogP contribution in [0.15, 0.2) is 12.1 Å². The topological polar surface area (TPSA) is 50.8 Å². The number of amides is 2. The van der Waals surface area contributed by atoms with Crippen LogP contribution in [0.5, 0.6) is 11.5 Å². The molecule has 0 radical (unpaired) electrons. The van der Waals surface area contributed by atoms with E-state index in [1.165, 1.54) is 0 Å². The van der Waals surface area contributed by atoms with E-state index in [1.54, 1.807) is 12.0 Å². The molecule has 0 saturated carbocycles. The Bertz CT molecular complexity index is 572. The van der Waals surface area contributed by atoms with Gasteiger partial charge in [0.05, 0.1) is 13.2 Å². The molecule has 2 aliphatic rings. The Kier molecular flexibility index (Phi) is 2.81. The summed E-state index contributed by atoms with van der Waals surface area (Å²) >= 11 is 0. The summed E-state index contributed by atoms with van der Waals surface area (Å²) < 4.78 is 11.5. The zero-order valence-electron chi connectivity index (χ0n) is 12.3. The monoisotopic (exact) mass is 276 g/mol. The van der Waals surface area contributed by atoms with Crippen molar-refractivity contribution in [3.05, 3.63) is 23.3 Å². The molecule has 1 aromatic rings. The van der Waals surface area contributed by atoms with Gasteiger partial charge in [0.2, 0.25) is 0 Å². The van der Waals surface area contributed by atoms with Crippen LogP contribution in [0.4, 0.5) is 4.79 Å². The molecule has 1 saturated heterocycles. The maximum atomic E-state index is 12.2. The van der Waals surface area contributed by atoms with Gasteiger partial charge in [0, 0.05) is 24.6 Å². The van der Waals surface area contributed by atoms with Gasteiger partial charge in [-0.25, -0.2) is 4.79 Å². The molecule has 1 aromatic carbocycles. The number of hydrogen-bond acceptors (Lipinski definition) is 3. The van der Waals surface area contributed by atoms with Crippen molar-refractivity contribution in [1.29, 1.82) is 0 Å². The lowest BCUT2D eigenvalue weighted by atomic mass is 9.88. The first-order chi connectivity index (χ1) is 9.48. The van der Waals surface area contributed by atoms with Gasteiger partial charge in [0.25, 0.3) is 0 Å². The minimum atomic E-state index is -0.590. The molecule has 2 heterocycles. The third-order valence-electron chi connectivity index (χ3n) is 4.25. The Balaban J connectivity index is 2.11. The largest absolute Gasteiger partial charge is 0.497 e. The molecule has 3 rings (SSSR count). The normalized spacial score (nSPS) is 27.5. The average molecular weight is 276 g/mol. The second kappa shape index (κ2) is 4.30. The first-order valence-corrected chi connectivity index (χ1v) is 6.94. The van der Waals surface area contributed by atoms with E-state index in [2.05, 4.69) is 5.32 Å². The first kappa shape index (κ1) is 13.1. The van der Waals surface area contributed by atoms with E-state index >= 15 is 0 Å². The number of benzene rings is 1. The van der Waals surface area contributed by atoms with Gasteiger partial charge in [0.1, 0.15) is 11.5 Å². The van der Waals surface area contributed by atoms with Crippen LogP contribution in [0.1, 0.15) is 37.4 Å². The number of urea groups is 1. The lowest BCUT2D eigenvalue weighted by Crippen LogP contribution is -2.64. The summed E-state index contributed by atoms with van der Waals surface area (Å²) in [4.78, 5) is 13.9. The summed E-state index contributed by atoms with van der Waals surface area (Å²) in [6.07, 6.45) is 0.757. The third kappa shape index (κ3) is 1.72. The van der Waals surface area contributed by atoms with Gasteiger partial charge >= 0.3 is 6.03 Å². The summed E-state index contributed by atoms with van der Waals surface area (Å²) in [7, 11) is 1.65. The van der Waals surface area contributed by atoms with Crippen molar-refractivity contribution in [3.8, 4) is 11.5 Å². The quantitative estimate of drug-likeness (QED) is 0.903. The molecule has 5 heteroatoms. The number of carbonyl (C=O) groups excluding carboxylic acids is 1. The van der Waals surface area contributed by atoms with Crippen molar-refractivity contribution >= 4 is 6.03 Å². The van der Waals surface area contributed by atoms with E-state index in [0.717, 1.165) is 29.0 Å². The third-order valence-corrected chi connectivity index (χ3v) is 4.25. The van der Waals surface area contributed by atoms with Crippen LogP contribution >= 0.6 is 0 Å². The van der Waals surface area contributed by atoms with Crippen LogP contribution in [0.3, 0.4) is 0 Å². The van der Waals surface area contributed by atoms with E-state index < -0.39 is 5.72 Å². The van der Waals surface area contributed by atoms with E-state index in [4.69, 9.17) is 9.47 Å². The number of fused-ring (bicyclic) bond motifs is 4. The summed E-state index contributed by atoms with van der Waals surface area (Å²) in [5, 5.41) is 3.07. The highest BCUT2D eigenvalue weighted by Gasteiger charge is 2.48. The summed E-state index contributed by atoms with van der Waals surface area (Å²) in [5.74, 6) is 1.58. The van der Waals surface area contributed by atoms with Crippen molar-refractivity contribution in [2.45, 2.75) is 39.0 Å². The number of ether oxygens (including phenoxy) is 2. The molecular formula is C15H20N2O3. The lowest BCUT2D eigenvalue weighted by molar-refractivity contribution is -0.0817. The van der Waals surface area contributed by atoms with Crippen LogP contribution in [0, 0.1) is 6.92 Å². The van der Waals surface area contributed by atoms with E-state index in [1.807, 2.05) is 32.9 Å². The lowest BCUT2D eigenvalue weighted by Gasteiger charge is -2.50. The second-order valence-electron chi connectivity index (χ2n) is 5.58. The molecule has 20 heavy (non-hydrogen) atoms. The Morgan fingerprint density at radius 3 is 2.95 bits per heavy atom. The number of rotatable bonds is 2. The van der Waals surface area contributed by atoms with Crippen LogP contribution in [-0.4, -0.2) is 30.3 Å². The predicted molar refractivity (Wildman–Crippen MR) is 75.0 cm³/mol. The van der Waals surface area contributed by atoms with E-state index in [0.29, 0.717) is 6.54 Å². The van der Waals surface area contributed by atoms with Gasteiger partial charge in [-0.15, -0.1) is 0 Å². The molecule has 108 valence electrons. The van der Waals surface area contributed by atoms with Crippen LogP contribution in [0.25, 0.3) is 0 Å². The summed E-state index contributed by atoms with van der Waals surface area (Å²) in [6.45, 7) is 6.57. The Hall–Kier alpha value is -1.91. The first-order valence-electron chi connectivity index (χ1n) is 6.94. The number of hydrogen-bond donors (Lipinski definition) is 1. The van der Waals surface area contributed by atoms with Gasteiger partial charge in [0.15, 0.2) is 5.72 Å².